The Morgan fingerprint density at radius 1 is 1.09 bits per heavy atom. The van der Waals surface area contributed by atoms with Gasteiger partial charge in [0.2, 0.25) is 0 Å². The fraction of sp³-hybridized carbons (Fsp3) is 0.263. The lowest BCUT2D eigenvalue weighted by molar-refractivity contribution is 0.103. The summed E-state index contributed by atoms with van der Waals surface area (Å²) in [5.41, 5.74) is 2.75. The van der Waals surface area contributed by atoms with Crippen molar-refractivity contribution in [1.29, 1.82) is 5.26 Å². The monoisotopic (exact) mass is 322 g/mol. The normalized spacial score (nSPS) is 15.1. The van der Waals surface area contributed by atoms with Crippen LogP contribution in [0.3, 0.4) is 0 Å². The average Bonchev–Trinajstić information content (AvgIpc) is 2.62. The first kappa shape index (κ1) is 15.8. The SMILES string of the molecule is N#Cc1ccccc1C(=O)c1ccc(CN2CCSCC2)cc1. The molecule has 0 aliphatic carbocycles. The van der Waals surface area contributed by atoms with E-state index in [9.17, 15) is 4.79 Å². The summed E-state index contributed by atoms with van der Waals surface area (Å²) in [4.78, 5) is 15.0. The van der Waals surface area contributed by atoms with Crippen molar-refractivity contribution in [2.24, 2.45) is 0 Å². The van der Waals surface area contributed by atoms with Crippen molar-refractivity contribution >= 4 is 17.5 Å². The van der Waals surface area contributed by atoms with Crippen molar-refractivity contribution in [2.75, 3.05) is 24.6 Å². The quantitative estimate of drug-likeness (QED) is 0.810. The summed E-state index contributed by atoms with van der Waals surface area (Å²) in [6.45, 7) is 3.19. The summed E-state index contributed by atoms with van der Waals surface area (Å²) in [5.74, 6) is 2.30. The summed E-state index contributed by atoms with van der Waals surface area (Å²) < 4.78 is 0. The first-order chi connectivity index (χ1) is 11.3. The van der Waals surface area contributed by atoms with Crippen molar-refractivity contribution in [3.05, 3.63) is 70.8 Å². The molecule has 3 nitrogen and oxygen atoms in total. The summed E-state index contributed by atoms with van der Waals surface area (Å²) in [6, 6.07) is 16.8. The zero-order valence-corrected chi connectivity index (χ0v) is 13.7. The van der Waals surface area contributed by atoms with Crippen molar-refractivity contribution in [3.63, 3.8) is 0 Å². The number of carbonyl (C=O) groups is 1. The smallest absolute Gasteiger partial charge is 0.194 e. The van der Waals surface area contributed by atoms with Gasteiger partial charge in [0.15, 0.2) is 5.78 Å². The van der Waals surface area contributed by atoms with Gasteiger partial charge in [0.1, 0.15) is 0 Å². The molecule has 0 bridgehead atoms. The summed E-state index contributed by atoms with van der Waals surface area (Å²) in [5, 5.41) is 9.13. The Bertz CT molecular complexity index is 728. The van der Waals surface area contributed by atoms with E-state index in [1.807, 2.05) is 36.0 Å². The van der Waals surface area contributed by atoms with Crippen LogP contribution < -0.4 is 0 Å². The van der Waals surface area contributed by atoms with E-state index in [0.717, 1.165) is 19.6 Å². The van der Waals surface area contributed by atoms with E-state index >= 15 is 0 Å². The van der Waals surface area contributed by atoms with E-state index in [0.29, 0.717) is 16.7 Å². The fourth-order valence-corrected chi connectivity index (χ4v) is 3.69. The molecule has 4 heteroatoms. The van der Waals surface area contributed by atoms with E-state index in [1.165, 1.54) is 17.1 Å². The Morgan fingerprint density at radius 3 is 2.48 bits per heavy atom. The van der Waals surface area contributed by atoms with Gasteiger partial charge in [0.05, 0.1) is 11.6 Å². The van der Waals surface area contributed by atoms with E-state index in [-0.39, 0.29) is 5.78 Å². The highest BCUT2D eigenvalue weighted by molar-refractivity contribution is 7.99. The molecule has 23 heavy (non-hydrogen) atoms. The minimum absolute atomic E-state index is 0.0944. The number of hydrogen-bond donors (Lipinski definition) is 0. The van der Waals surface area contributed by atoms with Gasteiger partial charge in [-0.2, -0.15) is 17.0 Å². The van der Waals surface area contributed by atoms with E-state index in [4.69, 9.17) is 5.26 Å². The van der Waals surface area contributed by atoms with Crippen LogP contribution in [0.25, 0.3) is 0 Å². The third-order valence-electron chi connectivity index (χ3n) is 4.02. The summed E-state index contributed by atoms with van der Waals surface area (Å²) in [7, 11) is 0. The van der Waals surface area contributed by atoms with Crippen LogP contribution in [-0.2, 0) is 6.54 Å². The average molecular weight is 322 g/mol. The Morgan fingerprint density at radius 2 is 1.78 bits per heavy atom. The Balaban J connectivity index is 1.74. The standard InChI is InChI=1S/C19H18N2OS/c20-13-17-3-1-2-4-18(17)19(22)16-7-5-15(6-8-16)14-21-9-11-23-12-10-21/h1-8H,9-12,14H2. The summed E-state index contributed by atoms with van der Waals surface area (Å²) in [6.07, 6.45) is 0. The maximum Gasteiger partial charge on any atom is 0.194 e. The highest BCUT2D eigenvalue weighted by Gasteiger charge is 2.14. The van der Waals surface area contributed by atoms with Crippen LogP contribution in [-0.4, -0.2) is 35.3 Å². The molecule has 3 rings (SSSR count). The minimum Gasteiger partial charge on any atom is -0.297 e. The van der Waals surface area contributed by atoms with E-state index in [2.05, 4.69) is 11.0 Å². The van der Waals surface area contributed by atoms with E-state index in [1.54, 1.807) is 24.3 Å². The lowest BCUT2D eigenvalue weighted by atomic mass is 9.98. The van der Waals surface area contributed by atoms with Gasteiger partial charge in [-0.15, -0.1) is 0 Å². The zero-order chi connectivity index (χ0) is 16.1. The molecule has 0 amide bonds. The van der Waals surface area contributed by atoms with Gasteiger partial charge in [-0.1, -0.05) is 36.4 Å². The molecule has 1 heterocycles. The molecule has 0 unspecified atom stereocenters. The molecule has 1 saturated heterocycles. The molecule has 2 aromatic rings. The van der Waals surface area contributed by atoms with Crippen molar-refractivity contribution < 1.29 is 4.79 Å². The van der Waals surface area contributed by atoms with Crippen LogP contribution >= 0.6 is 11.8 Å². The molecule has 116 valence electrons. The van der Waals surface area contributed by atoms with Gasteiger partial charge < -0.3 is 0 Å². The highest BCUT2D eigenvalue weighted by atomic mass is 32.2. The van der Waals surface area contributed by atoms with E-state index < -0.39 is 0 Å². The first-order valence-corrected chi connectivity index (χ1v) is 8.86. The molecule has 1 fully saturated rings. The Kier molecular flexibility index (Phi) is 5.12. The Hall–Kier alpha value is -2.09. The van der Waals surface area contributed by atoms with Crippen LogP contribution in [0.5, 0.6) is 0 Å². The molecule has 0 atom stereocenters. The number of nitriles is 1. The van der Waals surface area contributed by atoms with Crippen LogP contribution in [0.15, 0.2) is 48.5 Å². The molecule has 0 aromatic heterocycles. The number of rotatable bonds is 4. The van der Waals surface area contributed by atoms with Gasteiger partial charge >= 0.3 is 0 Å². The maximum absolute atomic E-state index is 12.6. The van der Waals surface area contributed by atoms with Crippen LogP contribution in [0.2, 0.25) is 0 Å². The predicted molar refractivity (Wildman–Crippen MR) is 93.6 cm³/mol. The first-order valence-electron chi connectivity index (χ1n) is 7.71. The lowest BCUT2D eigenvalue weighted by Crippen LogP contribution is -2.31. The molecular formula is C19H18N2OS. The van der Waals surface area contributed by atoms with Gasteiger partial charge in [0.25, 0.3) is 0 Å². The van der Waals surface area contributed by atoms with Crippen LogP contribution in [0.4, 0.5) is 0 Å². The van der Waals surface area contributed by atoms with Crippen LogP contribution in [0.1, 0.15) is 27.0 Å². The highest BCUT2D eigenvalue weighted by Crippen LogP contribution is 2.17. The predicted octanol–water partition coefficient (Wildman–Crippen LogP) is 3.34. The second-order valence-electron chi connectivity index (χ2n) is 5.57. The van der Waals surface area contributed by atoms with Gasteiger partial charge in [-0.05, 0) is 17.7 Å². The van der Waals surface area contributed by atoms with Crippen molar-refractivity contribution in [2.45, 2.75) is 6.54 Å². The van der Waals surface area contributed by atoms with Gasteiger partial charge in [-0.3, -0.25) is 9.69 Å². The lowest BCUT2D eigenvalue weighted by Gasteiger charge is -2.26. The molecule has 1 aliphatic heterocycles. The number of thioether (sulfide) groups is 1. The Labute approximate surface area is 140 Å². The van der Waals surface area contributed by atoms with Crippen molar-refractivity contribution in [3.8, 4) is 6.07 Å². The number of carbonyl (C=O) groups excluding carboxylic acids is 1. The topological polar surface area (TPSA) is 44.1 Å². The number of hydrogen-bond acceptors (Lipinski definition) is 4. The molecular weight excluding hydrogens is 304 g/mol. The number of nitrogens with zero attached hydrogens (tertiary/aromatic N) is 2. The zero-order valence-electron chi connectivity index (χ0n) is 12.9. The van der Waals surface area contributed by atoms with Crippen LogP contribution in [0, 0.1) is 11.3 Å². The largest absolute Gasteiger partial charge is 0.297 e. The molecule has 0 N–H and O–H groups in total. The number of ketones is 1. The van der Waals surface area contributed by atoms with Gasteiger partial charge in [-0.25, -0.2) is 0 Å². The maximum atomic E-state index is 12.6. The molecule has 0 saturated carbocycles. The second-order valence-corrected chi connectivity index (χ2v) is 6.80. The minimum atomic E-state index is -0.0944. The third kappa shape index (κ3) is 3.82. The fourth-order valence-electron chi connectivity index (χ4n) is 2.71. The third-order valence-corrected chi connectivity index (χ3v) is 4.96. The van der Waals surface area contributed by atoms with Gasteiger partial charge in [0, 0.05) is 42.3 Å². The molecule has 0 spiro atoms. The molecule has 0 radical (unpaired) electrons. The molecule has 1 aliphatic rings. The summed E-state index contributed by atoms with van der Waals surface area (Å²) >= 11 is 2.00. The number of benzene rings is 2. The van der Waals surface area contributed by atoms with Crippen molar-refractivity contribution in [1.82, 2.24) is 4.90 Å². The molecule has 2 aromatic carbocycles. The second kappa shape index (κ2) is 7.45.